The summed E-state index contributed by atoms with van der Waals surface area (Å²) in [6.45, 7) is 2.64. The fraction of sp³-hybridized carbons (Fsp3) is 0.462. The van der Waals surface area contributed by atoms with Crippen molar-refractivity contribution >= 4 is 11.6 Å². The normalized spacial score (nSPS) is 11.4. The van der Waals surface area contributed by atoms with Crippen LogP contribution in [0.15, 0.2) is 18.2 Å². The van der Waals surface area contributed by atoms with E-state index in [1.54, 1.807) is 6.07 Å². The van der Waals surface area contributed by atoms with Crippen LogP contribution in [0.3, 0.4) is 0 Å². The largest absolute Gasteiger partial charge is 0.418 e. The van der Waals surface area contributed by atoms with Crippen LogP contribution in [0.2, 0.25) is 0 Å². The molecular weight excluding hydrogens is 271 g/mol. The highest BCUT2D eigenvalue weighted by molar-refractivity contribution is 5.79. The number of primary amides is 1. The maximum Gasteiger partial charge on any atom is 0.418 e. The summed E-state index contributed by atoms with van der Waals surface area (Å²) in [5.74, 6) is -0.683. The quantitative estimate of drug-likeness (QED) is 0.838. The molecule has 20 heavy (non-hydrogen) atoms. The lowest BCUT2D eigenvalue weighted by Crippen LogP contribution is -2.32. The molecule has 1 amide bonds. The SMILES string of the molecule is CCNCc1ccc(N(C)CC(N)=O)c(C(F)(F)F)c1. The fourth-order valence-electron chi connectivity index (χ4n) is 1.84. The number of halogens is 3. The summed E-state index contributed by atoms with van der Waals surface area (Å²) < 4.78 is 39.3. The van der Waals surface area contributed by atoms with Crippen LogP contribution in [0.1, 0.15) is 18.1 Å². The number of likely N-dealkylation sites (N-methyl/N-ethyl adjacent to an activating group) is 1. The summed E-state index contributed by atoms with van der Waals surface area (Å²) in [4.78, 5) is 12.0. The maximum absolute atomic E-state index is 13.1. The molecule has 4 nitrogen and oxygen atoms in total. The standard InChI is InChI=1S/C13H18F3N3O/c1-3-18-7-9-4-5-11(19(2)8-12(17)20)10(6-9)13(14,15)16/h4-6,18H,3,7-8H2,1-2H3,(H2,17,20). The van der Waals surface area contributed by atoms with E-state index in [2.05, 4.69) is 5.32 Å². The first-order valence-corrected chi connectivity index (χ1v) is 6.16. The first-order valence-electron chi connectivity index (χ1n) is 6.16. The molecule has 0 aliphatic carbocycles. The number of nitrogens with two attached hydrogens (primary N) is 1. The van der Waals surface area contributed by atoms with Gasteiger partial charge in [0.1, 0.15) is 0 Å². The van der Waals surface area contributed by atoms with Crippen molar-refractivity contribution in [3.8, 4) is 0 Å². The van der Waals surface area contributed by atoms with E-state index < -0.39 is 17.6 Å². The molecule has 1 rings (SSSR count). The van der Waals surface area contributed by atoms with Crippen molar-refractivity contribution < 1.29 is 18.0 Å². The minimum atomic E-state index is -4.48. The lowest BCUT2D eigenvalue weighted by Gasteiger charge is -2.23. The third-order valence-corrected chi connectivity index (χ3v) is 2.75. The van der Waals surface area contributed by atoms with Crippen LogP contribution < -0.4 is 16.0 Å². The van der Waals surface area contributed by atoms with Gasteiger partial charge in [-0.1, -0.05) is 13.0 Å². The number of rotatable bonds is 6. The third-order valence-electron chi connectivity index (χ3n) is 2.75. The minimum absolute atomic E-state index is 0.0588. The number of anilines is 1. The average molecular weight is 289 g/mol. The Balaban J connectivity index is 3.13. The number of carbonyl (C=O) groups is 1. The summed E-state index contributed by atoms with van der Waals surface area (Å²) in [5.41, 5.74) is 4.73. The van der Waals surface area contributed by atoms with Gasteiger partial charge in [-0.2, -0.15) is 13.2 Å². The first kappa shape index (κ1) is 16.3. The van der Waals surface area contributed by atoms with Crippen LogP contribution in [0.25, 0.3) is 0 Å². The van der Waals surface area contributed by atoms with Gasteiger partial charge >= 0.3 is 6.18 Å². The molecule has 0 fully saturated rings. The van der Waals surface area contributed by atoms with Crippen molar-refractivity contribution in [3.63, 3.8) is 0 Å². The first-order chi connectivity index (χ1) is 9.25. The van der Waals surface area contributed by atoms with E-state index in [0.29, 0.717) is 18.7 Å². The Hall–Kier alpha value is -1.76. The van der Waals surface area contributed by atoms with Crippen molar-refractivity contribution in [2.75, 3.05) is 25.0 Å². The van der Waals surface area contributed by atoms with Crippen molar-refractivity contribution in [1.82, 2.24) is 5.32 Å². The van der Waals surface area contributed by atoms with E-state index in [0.717, 1.165) is 6.07 Å². The van der Waals surface area contributed by atoms with E-state index >= 15 is 0 Å². The smallest absolute Gasteiger partial charge is 0.368 e. The summed E-state index contributed by atoms with van der Waals surface area (Å²) in [6.07, 6.45) is -4.48. The van der Waals surface area contributed by atoms with Gasteiger partial charge in [0.15, 0.2) is 0 Å². The molecule has 0 atom stereocenters. The average Bonchev–Trinajstić information content (AvgIpc) is 2.34. The third kappa shape index (κ3) is 4.41. The second kappa shape index (κ2) is 6.60. The van der Waals surface area contributed by atoms with Gasteiger partial charge in [-0.3, -0.25) is 4.79 Å². The zero-order chi connectivity index (χ0) is 15.3. The Morgan fingerprint density at radius 2 is 2.05 bits per heavy atom. The Bertz CT molecular complexity index is 474. The molecule has 0 spiro atoms. The molecule has 0 bridgehead atoms. The monoisotopic (exact) mass is 289 g/mol. The Morgan fingerprint density at radius 1 is 1.40 bits per heavy atom. The molecule has 0 saturated carbocycles. The Kier molecular flexibility index (Phi) is 5.38. The highest BCUT2D eigenvalue weighted by atomic mass is 19.4. The molecule has 1 aromatic rings. The summed E-state index contributed by atoms with van der Waals surface area (Å²) in [6, 6.07) is 4.05. The molecule has 0 saturated heterocycles. The number of nitrogens with zero attached hydrogens (tertiary/aromatic N) is 1. The zero-order valence-electron chi connectivity index (χ0n) is 11.4. The summed E-state index contributed by atoms with van der Waals surface area (Å²) in [5, 5.41) is 2.97. The van der Waals surface area contributed by atoms with Gasteiger partial charge in [-0.15, -0.1) is 0 Å². The van der Waals surface area contributed by atoms with Gasteiger partial charge in [0, 0.05) is 19.3 Å². The van der Waals surface area contributed by atoms with Crippen LogP contribution in [0.5, 0.6) is 0 Å². The Labute approximate surface area is 115 Å². The zero-order valence-corrected chi connectivity index (χ0v) is 11.4. The number of amides is 1. The lowest BCUT2D eigenvalue weighted by molar-refractivity contribution is -0.137. The lowest BCUT2D eigenvalue weighted by atomic mass is 10.1. The van der Waals surface area contributed by atoms with Crippen LogP contribution >= 0.6 is 0 Å². The van der Waals surface area contributed by atoms with Gasteiger partial charge in [0.05, 0.1) is 12.1 Å². The number of nitrogens with one attached hydrogen (secondary N) is 1. The van der Waals surface area contributed by atoms with Crippen molar-refractivity contribution in [3.05, 3.63) is 29.3 Å². The van der Waals surface area contributed by atoms with Crippen molar-refractivity contribution in [1.29, 1.82) is 0 Å². The van der Waals surface area contributed by atoms with Crippen LogP contribution in [-0.4, -0.2) is 26.0 Å². The summed E-state index contributed by atoms with van der Waals surface area (Å²) in [7, 11) is 1.40. The molecule has 7 heteroatoms. The van der Waals surface area contributed by atoms with E-state index in [4.69, 9.17) is 5.73 Å². The molecule has 0 heterocycles. The topological polar surface area (TPSA) is 58.4 Å². The predicted octanol–water partition coefficient (Wildman–Crippen LogP) is 1.74. The molecule has 0 unspecified atom stereocenters. The highest BCUT2D eigenvalue weighted by Crippen LogP contribution is 2.36. The number of hydrogen-bond acceptors (Lipinski definition) is 3. The Morgan fingerprint density at radius 3 is 2.55 bits per heavy atom. The van der Waals surface area contributed by atoms with Crippen LogP contribution in [0.4, 0.5) is 18.9 Å². The molecule has 112 valence electrons. The molecule has 0 radical (unpaired) electrons. The molecule has 0 aliphatic rings. The van der Waals surface area contributed by atoms with E-state index in [-0.39, 0.29) is 12.2 Å². The maximum atomic E-state index is 13.1. The fourth-order valence-corrected chi connectivity index (χ4v) is 1.84. The van der Waals surface area contributed by atoms with Crippen LogP contribution in [-0.2, 0) is 17.5 Å². The number of hydrogen-bond donors (Lipinski definition) is 2. The van der Waals surface area contributed by atoms with Crippen LogP contribution in [0, 0.1) is 0 Å². The number of benzene rings is 1. The van der Waals surface area contributed by atoms with Gasteiger partial charge in [0.2, 0.25) is 5.91 Å². The minimum Gasteiger partial charge on any atom is -0.368 e. The predicted molar refractivity (Wildman–Crippen MR) is 71.3 cm³/mol. The molecule has 3 N–H and O–H groups in total. The van der Waals surface area contributed by atoms with Gasteiger partial charge in [0.25, 0.3) is 0 Å². The van der Waals surface area contributed by atoms with Crippen molar-refractivity contribution in [2.45, 2.75) is 19.6 Å². The number of alkyl halides is 3. The second-order valence-corrected chi connectivity index (χ2v) is 4.45. The second-order valence-electron chi connectivity index (χ2n) is 4.45. The van der Waals surface area contributed by atoms with Gasteiger partial charge < -0.3 is 16.0 Å². The molecule has 0 aliphatic heterocycles. The molecule has 1 aromatic carbocycles. The van der Waals surface area contributed by atoms with Gasteiger partial charge in [-0.25, -0.2) is 0 Å². The summed E-state index contributed by atoms with van der Waals surface area (Å²) >= 11 is 0. The van der Waals surface area contributed by atoms with E-state index in [9.17, 15) is 18.0 Å². The van der Waals surface area contributed by atoms with E-state index in [1.165, 1.54) is 18.0 Å². The van der Waals surface area contributed by atoms with Gasteiger partial charge in [-0.05, 0) is 24.2 Å². The molecular formula is C13H18F3N3O. The molecule has 0 aromatic heterocycles. The number of carbonyl (C=O) groups excluding carboxylic acids is 1. The van der Waals surface area contributed by atoms with Crippen molar-refractivity contribution in [2.24, 2.45) is 5.73 Å². The highest BCUT2D eigenvalue weighted by Gasteiger charge is 2.34. The van der Waals surface area contributed by atoms with E-state index in [1.807, 2.05) is 6.92 Å².